The molecule has 0 heterocycles. The van der Waals surface area contributed by atoms with Crippen LogP contribution in [0, 0.1) is 0 Å². The number of carbonyl (C=O) groups excluding carboxylic acids is 2. The Morgan fingerprint density at radius 3 is 2.33 bits per heavy atom. The van der Waals surface area contributed by atoms with E-state index in [0.717, 1.165) is 32.1 Å². The van der Waals surface area contributed by atoms with Crippen molar-refractivity contribution in [3.8, 4) is 0 Å². The van der Waals surface area contributed by atoms with Crippen LogP contribution in [0.1, 0.15) is 51.9 Å². The van der Waals surface area contributed by atoms with Crippen LogP contribution in [-0.4, -0.2) is 30.4 Å². The summed E-state index contributed by atoms with van der Waals surface area (Å²) in [4.78, 5) is 23.0. The molecule has 1 rings (SSSR count). The lowest BCUT2D eigenvalue weighted by Crippen LogP contribution is -2.40. The van der Waals surface area contributed by atoms with Gasteiger partial charge >= 0.3 is 0 Å². The van der Waals surface area contributed by atoms with E-state index in [2.05, 4.69) is 10.6 Å². The van der Waals surface area contributed by atoms with Gasteiger partial charge in [0, 0.05) is 31.5 Å². The van der Waals surface area contributed by atoms with E-state index in [1.165, 1.54) is 0 Å². The minimum atomic E-state index is -0.0438. The molecule has 1 fully saturated rings. The van der Waals surface area contributed by atoms with Crippen molar-refractivity contribution in [3.05, 3.63) is 0 Å². The molecule has 0 aromatic rings. The van der Waals surface area contributed by atoms with Crippen molar-refractivity contribution in [3.63, 3.8) is 0 Å². The Hall–Kier alpha value is -1.10. The molecule has 18 heavy (non-hydrogen) atoms. The lowest BCUT2D eigenvalue weighted by Gasteiger charge is -2.26. The lowest BCUT2D eigenvalue weighted by atomic mass is 9.92. The van der Waals surface area contributed by atoms with Crippen LogP contribution in [0.15, 0.2) is 0 Å². The van der Waals surface area contributed by atoms with E-state index in [-0.39, 0.29) is 36.7 Å². The molecule has 0 saturated heterocycles. The maximum atomic E-state index is 11.6. The summed E-state index contributed by atoms with van der Waals surface area (Å²) in [6.45, 7) is 2.68. The first-order chi connectivity index (χ1) is 8.61. The van der Waals surface area contributed by atoms with Crippen molar-refractivity contribution in [2.75, 3.05) is 6.54 Å². The molecule has 0 radical (unpaired) electrons. The molecule has 0 atom stereocenters. The lowest BCUT2D eigenvalue weighted by molar-refractivity contribution is -0.126. The average Bonchev–Trinajstić information content (AvgIpc) is 2.36. The molecule has 5 heteroatoms. The maximum Gasteiger partial charge on any atom is 0.220 e. The van der Waals surface area contributed by atoms with E-state index in [4.69, 9.17) is 5.73 Å². The molecule has 0 bridgehead atoms. The summed E-state index contributed by atoms with van der Waals surface area (Å²) in [5.74, 6) is -0.0696. The van der Waals surface area contributed by atoms with Gasteiger partial charge in [0.1, 0.15) is 0 Å². The zero-order chi connectivity index (χ0) is 13.4. The van der Waals surface area contributed by atoms with Crippen molar-refractivity contribution >= 4 is 11.8 Å². The highest BCUT2D eigenvalue weighted by Gasteiger charge is 2.20. The number of carbonyl (C=O) groups is 2. The number of hydrogen-bond donors (Lipinski definition) is 3. The Bertz CT molecular complexity index is 273. The van der Waals surface area contributed by atoms with Gasteiger partial charge in [-0.15, -0.1) is 0 Å². The molecular formula is C13H25N3O2. The third-order valence-electron chi connectivity index (χ3n) is 3.29. The number of amides is 2. The third kappa shape index (κ3) is 6.00. The second-order valence-electron chi connectivity index (χ2n) is 5.03. The zero-order valence-corrected chi connectivity index (χ0v) is 11.2. The van der Waals surface area contributed by atoms with Crippen LogP contribution in [0.4, 0.5) is 0 Å². The zero-order valence-electron chi connectivity index (χ0n) is 11.2. The Morgan fingerprint density at radius 1 is 1.11 bits per heavy atom. The number of nitrogens with one attached hydrogen (secondary N) is 2. The molecule has 0 aromatic carbocycles. The minimum Gasteiger partial charge on any atom is -0.356 e. The maximum absolute atomic E-state index is 11.6. The van der Waals surface area contributed by atoms with E-state index < -0.39 is 0 Å². The number of rotatable bonds is 6. The van der Waals surface area contributed by atoms with E-state index in [1.54, 1.807) is 0 Å². The molecule has 0 unspecified atom stereocenters. The van der Waals surface area contributed by atoms with Crippen LogP contribution in [0.5, 0.6) is 0 Å². The number of hydrogen-bond acceptors (Lipinski definition) is 3. The first-order valence-corrected chi connectivity index (χ1v) is 6.93. The Morgan fingerprint density at radius 2 is 1.72 bits per heavy atom. The highest BCUT2D eigenvalue weighted by Crippen LogP contribution is 2.16. The van der Waals surface area contributed by atoms with Crippen molar-refractivity contribution in [1.29, 1.82) is 0 Å². The van der Waals surface area contributed by atoms with Crippen molar-refractivity contribution in [2.45, 2.75) is 64.0 Å². The fourth-order valence-electron chi connectivity index (χ4n) is 2.14. The molecule has 1 saturated carbocycles. The van der Waals surface area contributed by atoms with Crippen molar-refractivity contribution < 1.29 is 9.59 Å². The summed E-state index contributed by atoms with van der Waals surface area (Å²) >= 11 is 0. The summed E-state index contributed by atoms with van der Waals surface area (Å²) in [6, 6.07) is 0.536. The van der Waals surface area contributed by atoms with Gasteiger partial charge in [-0.3, -0.25) is 9.59 Å². The third-order valence-corrected chi connectivity index (χ3v) is 3.29. The fourth-order valence-corrected chi connectivity index (χ4v) is 2.14. The van der Waals surface area contributed by atoms with Gasteiger partial charge in [0.25, 0.3) is 0 Å². The molecule has 4 N–H and O–H groups in total. The summed E-state index contributed by atoms with van der Waals surface area (Å²) < 4.78 is 0. The first kappa shape index (κ1) is 15.0. The van der Waals surface area contributed by atoms with Gasteiger partial charge in [-0.25, -0.2) is 0 Å². The summed E-state index contributed by atoms with van der Waals surface area (Å²) in [6.07, 6.45) is 5.32. The van der Waals surface area contributed by atoms with Gasteiger partial charge in [-0.1, -0.05) is 6.92 Å². The van der Waals surface area contributed by atoms with Crippen LogP contribution in [0.3, 0.4) is 0 Å². The largest absolute Gasteiger partial charge is 0.356 e. The number of nitrogens with two attached hydrogens (primary N) is 1. The molecule has 0 spiro atoms. The van der Waals surface area contributed by atoms with E-state index in [0.29, 0.717) is 6.54 Å². The van der Waals surface area contributed by atoms with Gasteiger partial charge in [0.15, 0.2) is 0 Å². The Labute approximate surface area is 109 Å². The van der Waals surface area contributed by atoms with Gasteiger partial charge in [0.05, 0.1) is 0 Å². The smallest absolute Gasteiger partial charge is 0.220 e. The summed E-state index contributed by atoms with van der Waals surface area (Å²) in [7, 11) is 0. The topological polar surface area (TPSA) is 84.2 Å². The van der Waals surface area contributed by atoms with Gasteiger partial charge < -0.3 is 16.4 Å². The first-order valence-electron chi connectivity index (χ1n) is 6.93. The summed E-state index contributed by atoms with van der Waals surface area (Å²) in [5, 5.41) is 5.74. The summed E-state index contributed by atoms with van der Waals surface area (Å²) in [5.41, 5.74) is 5.81. The second-order valence-corrected chi connectivity index (χ2v) is 5.03. The standard InChI is InChI=1S/C13H25N3O2/c1-2-9-15-12(17)7-8-13(18)16-11-5-3-10(14)4-6-11/h10-11H,2-9,14H2,1H3,(H,15,17)(H,16,18). The Balaban J connectivity index is 2.11. The van der Waals surface area contributed by atoms with Crippen LogP contribution >= 0.6 is 0 Å². The van der Waals surface area contributed by atoms with Crippen LogP contribution in [-0.2, 0) is 9.59 Å². The Kier molecular flexibility index (Phi) is 6.72. The molecule has 0 aromatic heterocycles. The van der Waals surface area contributed by atoms with Crippen molar-refractivity contribution in [1.82, 2.24) is 10.6 Å². The van der Waals surface area contributed by atoms with Crippen molar-refractivity contribution in [2.24, 2.45) is 5.73 Å². The molecule has 5 nitrogen and oxygen atoms in total. The SMILES string of the molecule is CCCNC(=O)CCC(=O)NC1CCC(N)CC1. The molecule has 1 aliphatic carbocycles. The predicted octanol–water partition coefficient (Wildman–Crippen LogP) is 0.679. The van der Waals surface area contributed by atoms with Gasteiger partial charge in [-0.2, -0.15) is 0 Å². The average molecular weight is 255 g/mol. The molecule has 1 aliphatic rings. The van der Waals surface area contributed by atoms with E-state index >= 15 is 0 Å². The normalized spacial score (nSPS) is 23.4. The van der Waals surface area contributed by atoms with Crippen LogP contribution < -0.4 is 16.4 Å². The highest BCUT2D eigenvalue weighted by atomic mass is 16.2. The van der Waals surface area contributed by atoms with Crippen LogP contribution in [0.2, 0.25) is 0 Å². The highest BCUT2D eigenvalue weighted by molar-refractivity contribution is 5.83. The van der Waals surface area contributed by atoms with E-state index in [9.17, 15) is 9.59 Å². The van der Waals surface area contributed by atoms with Crippen LogP contribution in [0.25, 0.3) is 0 Å². The molecule has 104 valence electrons. The minimum absolute atomic E-state index is 0.0258. The quantitative estimate of drug-likeness (QED) is 0.652. The molecular weight excluding hydrogens is 230 g/mol. The van der Waals surface area contributed by atoms with E-state index in [1.807, 2.05) is 6.92 Å². The second kappa shape index (κ2) is 8.08. The van der Waals surface area contributed by atoms with Gasteiger partial charge in [0.2, 0.25) is 11.8 Å². The molecule has 2 amide bonds. The monoisotopic (exact) mass is 255 g/mol. The fraction of sp³-hybridized carbons (Fsp3) is 0.846. The van der Waals surface area contributed by atoms with Gasteiger partial charge in [-0.05, 0) is 32.1 Å². The molecule has 0 aliphatic heterocycles. The predicted molar refractivity (Wildman–Crippen MR) is 70.9 cm³/mol.